The van der Waals surface area contributed by atoms with Crippen molar-refractivity contribution in [3.63, 3.8) is 0 Å². The third-order valence-corrected chi connectivity index (χ3v) is 3.36. The van der Waals surface area contributed by atoms with Crippen LogP contribution >= 0.6 is 22.6 Å². The molecule has 5 nitrogen and oxygen atoms in total. The van der Waals surface area contributed by atoms with Crippen LogP contribution in [0, 0.1) is 19.6 Å². The topological polar surface area (TPSA) is 75.4 Å². The van der Waals surface area contributed by atoms with E-state index in [1.54, 1.807) is 12.1 Å². The van der Waals surface area contributed by atoms with Crippen LogP contribution in [-0.2, 0) is 0 Å². The van der Waals surface area contributed by atoms with Gasteiger partial charge < -0.3 is 10.4 Å². The van der Waals surface area contributed by atoms with E-state index in [2.05, 4.69) is 5.32 Å². The number of nitrogens with one attached hydrogen (secondary N) is 1. The fourth-order valence-corrected chi connectivity index (χ4v) is 2.09. The number of hydrogen-bond donors (Lipinski definition) is 2. The van der Waals surface area contributed by atoms with Gasteiger partial charge in [-0.1, -0.05) is 13.8 Å². The maximum absolute atomic E-state index is 10.7. The number of nitro benzene ring substituents is 1. The molecule has 0 saturated heterocycles. The molecule has 94 valence electrons. The summed E-state index contributed by atoms with van der Waals surface area (Å²) < 4.78 is 0.582. The molecule has 0 bridgehead atoms. The number of halogens is 1. The fraction of sp³-hybridized carbons (Fsp3) is 0.455. The zero-order valence-corrected chi connectivity index (χ0v) is 11.8. The summed E-state index contributed by atoms with van der Waals surface area (Å²) in [6.45, 7) is 4.04. The van der Waals surface area contributed by atoms with Crippen molar-refractivity contribution in [1.82, 2.24) is 0 Å². The predicted molar refractivity (Wildman–Crippen MR) is 75.1 cm³/mol. The van der Waals surface area contributed by atoms with Crippen LogP contribution in [0.4, 0.5) is 11.4 Å². The Morgan fingerprint density at radius 3 is 2.59 bits per heavy atom. The number of nitro groups is 1. The smallest absolute Gasteiger partial charge is 0.282 e. The Labute approximate surface area is 114 Å². The maximum atomic E-state index is 10.7. The molecular formula is C11H15IN2O3. The summed E-state index contributed by atoms with van der Waals surface area (Å²) in [6, 6.07) is 4.79. The molecule has 1 atom stereocenters. The van der Waals surface area contributed by atoms with E-state index in [9.17, 15) is 15.2 Å². The summed E-state index contributed by atoms with van der Waals surface area (Å²) in [5.41, 5.74) is 0.883. The Morgan fingerprint density at radius 1 is 1.53 bits per heavy atom. The molecule has 1 unspecified atom stereocenters. The van der Waals surface area contributed by atoms with E-state index in [-0.39, 0.29) is 24.3 Å². The lowest BCUT2D eigenvalue weighted by molar-refractivity contribution is -0.385. The van der Waals surface area contributed by atoms with Gasteiger partial charge in [0.25, 0.3) is 5.69 Å². The van der Waals surface area contributed by atoms with E-state index in [0.29, 0.717) is 3.57 Å². The standard InChI is InChI=1S/C11H15IN2O3/c1-7(2)10(6-15)13-8-3-4-11(14(16)17)9(12)5-8/h3-5,7,10,13,15H,6H2,1-2H3. The second-order valence-electron chi connectivity index (χ2n) is 4.10. The van der Waals surface area contributed by atoms with Crippen molar-refractivity contribution in [2.24, 2.45) is 5.92 Å². The minimum Gasteiger partial charge on any atom is -0.394 e. The average Bonchev–Trinajstić information content (AvgIpc) is 2.24. The molecule has 0 heterocycles. The fourth-order valence-electron chi connectivity index (χ4n) is 1.38. The van der Waals surface area contributed by atoms with E-state index in [1.165, 1.54) is 6.07 Å². The number of nitrogens with zero attached hydrogens (tertiary/aromatic N) is 1. The lowest BCUT2D eigenvalue weighted by Crippen LogP contribution is -2.29. The molecule has 1 rings (SSSR count). The molecule has 0 aromatic heterocycles. The predicted octanol–water partition coefficient (Wildman–Crippen LogP) is 2.63. The van der Waals surface area contributed by atoms with Crippen LogP contribution in [0.5, 0.6) is 0 Å². The number of benzene rings is 1. The van der Waals surface area contributed by atoms with Crippen molar-refractivity contribution >= 4 is 34.0 Å². The van der Waals surface area contributed by atoms with E-state index < -0.39 is 4.92 Å². The minimum atomic E-state index is -0.405. The van der Waals surface area contributed by atoms with Gasteiger partial charge in [0.2, 0.25) is 0 Å². The Balaban J connectivity index is 2.87. The summed E-state index contributed by atoms with van der Waals surface area (Å²) in [4.78, 5) is 10.3. The van der Waals surface area contributed by atoms with Gasteiger partial charge in [-0.3, -0.25) is 10.1 Å². The number of aliphatic hydroxyl groups excluding tert-OH is 1. The van der Waals surface area contributed by atoms with Gasteiger partial charge in [-0.25, -0.2) is 0 Å². The molecule has 0 spiro atoms. The molecule has 6 heteroatoms. The summed E-state index contributed by atoms with van der Waals surface area (Å²) in [7, 11) is 0. The molecule has 0 aliphatic heterocycles. The quantitative estimate of drug-likeness (QED) is 0.486. The highest BCUT2D eigenvalue weighted by atomic mass is 127. The average molecular weight is 350 g/mol. The largest absolute Gasteiger partial charge is 0.394 e. The molecule has 1 aromatic carbocycles. The van der Waals surface area contributed by atoms with Gasteiger partial charge in [0, 0.05) is 11.8 Å². The van der Waals surface area contributed by atoms with Gasteiger partial charge >= 0.3 is 0 Å². The van der Waals surface area contributed by atoms with Crippen LogP contribution in [0.2, 0.25) is 0 Å². The molecule has 2 N–H and O–H groups in total. The van der Waals surface area contributed by atoms with Crippen molar-refractivity contribution in [1.29, 1.82) is 0 Å². The SMILES string of the molecule is CC(C)C(CO)Nc1ccc([N+](=O)[O-])c(I)c1. The van der Waals surface area contributed by atoms with Crippen molar-refractivity contribution in [3.05, 3.63) is 31.9 Å². The first kappa shape index (κ1) is 14.2. The molecule has 0 fully saturated rings. The zero-order chi connectivity index (χ0) is 13.0. The first-order valence-corrected chi connectivity index (χ1v) is 6.35. The Morgan fingerprint density at radius 2 is 2.18 bits per heavy atom. The zero-order valence-electron chi connectivity index (χ0n) is 9.68. The lowest BCUT2D eigenvalue weighted by Gasteiger charge is -2.21. The minimum absolute atomic E-state index is 0.0330. The molecule has 1 aromatic rings. The molecule has 17 heavy (non-hydrogen) atoms. The molecule has 0 saturated carbocycles. The monoisotopic (exact) mass is 350 g/mol. The highest BCUT2D eigenvalue weighted by Crippen LogP contribution is 2.25. The van der Waals surface area contributed by atoms with Crippen molar-refractivity contribution in [2.45, 2.75) is 19.9 Å². The van der Waals surface area contributed by atoms with Gasteiger partial charge in [0.15, 0.2) is 0 Å². The highest BCUT2D eigenvalue weighted by molar-refractivity contribution is 14.1. The molecule has 0 radical (unpaired) electrons. The van der Waals surface area contributed by atoms with E-state index >= 15 is 0 Å². The van der Waals surface area contributed by atoms with Crippen LogP contribution in [0.15, 0.2) is 18.2 Å². The third kappa shape index (κ3) is 3.81. The van der Waals surface area contributed by atoms with Gasteiger partial charge in [-0.15, -0.1) is 0 Å². The maximum Gasteiger partial charge on any atom is 0.282 e. The van der Waals surface area contributed by atoms with Crippen LogP contribution < -0.4 is 5.32 Å². The number of aliphatic hydroxyl groups is 1. The van der Waals surface area contributed by atoms with Gasteiger partial charge in [-0.2, -0.15) is 0 Å². The second-order valence-corrected chi connectivity index (χ2v) is 5.26. The van der Waals surface area contributed by atoms with Crippen LogP contribution in [0.3, 0.4) is 0 Å². The number of rotatable bonds is 5. The highest BCUT2D eigenvalue weighted by Gasteiger charge is 2.15. The van der Waals surface area contributed by atoms with E-state index in [1.807, 2.05) is 36.4 Å². The lowest BCUT2D eigenvalue weighted by atomic mass is 10.1. The molecular weight excluding hydrogens is 335 g/mol. The van der Waals surface area contributed by atoms with Crippen LogP contribution in [-0.4, -0.2) is 22.7 Å². The molecule has 0 aliphatic rings. The van der Waals surface area contributed by atoms with Crippen molar-refractivity contribution < 1.29 is 10.0 Å². The van der Waals surface area contributed by atoms with E-state index in [4.69, 9.17) is 0 Å². The van der Waals surface area contributed by atoms with Gasteiger partial charge in [-0.05, 0) is 40.6 Å². The van der Waals surface area contributed by atoms with Crippen molar-refractivity contribution in [3.8, 4) is 0 Å². The first-order chi connectivity index (χ1) is 7.95. The summed E-state index contributed by atoms with van der Waals surface area (Å²) in [5, 5.41) is 23.0. The summed E-state index contributed by atoms with van der Waals surface area (Å²) >= 11 is 1.93. The molecule has 0 amide bonds. The Hall–Kier alpha value is -0.890. The second kappa shape index (κ2) is 6.15. The summed E-state index contributed by atoms with van der Waals surface area (Å²) in [5.74, 6) is 0.285. The number of hydrogen-bond acceptors (Lipinski definition) is 4. The molecule has 0 aliphatic carbocycles. The van der Waals surface area contributed by atoms with Crippen LogP contribution in [0.1, 0.15) is 13.8 Å². The first-order valence-electron chi connectivity index (χ1n) is 5.27. The van der Waals surface area contributed by atoms with Crippen LogP contribution in [0.25, 0.3) is 0 Å². The number of anilines is 1. The Kier molecular flexibility index (Phi) is 5.13. The summed E-state index contributed by atoms with van der Waals surface area (Å²) in [6.07, 6.45) is 0. The van der Waals surface area contributed by atoms with Gasteiger partial charge in [0.1, 0.15) is 0 Å². The normalized spacial score (nSPS) is 12.5. The van der Waals surface area contributed by atoms with E-state index in [0.717, 1.165) is 5.69 Å². The van der Waals surface area contributed by atoms with Gasteiger partial charge in [0.05, 0.1) is 21.1 Å². The van der Waals surface area contributed by atoms with Crippen molar-refractivity contribution in [2.75, 3.05) is 11.9 Å². The Bertz CT molecular complexity index is 410. The third-order valence-electron chi connectivity index (χ3n) is 2.50.